The molecule has 0 bridgehead atoms. The molecule has 1 aliphatic heterocycles. The summed E-state index contributed by atoms with van der Waals surface area (Å²) >= 11 is 0. The molecule has 8 nitrogen and oxygen atoms in total. The highest BCUT2D eigenvalue weighted by Gasteiger charge is 2.25. The molecule has 140 valence electrons. The molecule has 0 aliphatic carbocycles. The Morgan fingerprint density at radius 1 is 1.31 bits per heavy atom. The van der Waals surface area contributed by atoms with E-state index in [1.165, 1.54) is 10.7 Å². The van der Waals surface area contributed by atoms with Crippen molar-refractivity contribution in [2.45, 2.75) is 12.8 Å². The van der Waals surface area contributed by atoms with E-state index in [1.54, 1.807) is 35.4 Å². The summed E-state index contributed by atoms with van der Waals surface area (Å²) in [6, 6.07) is 7.96. The lowest BCUT2D eigenvalue weighted by molar-refractivity contribution is -0.384. The minimum Gasteiger partial charge on any atom is -0.337 e. The Labute approximate surface area is 157 Å². The molecule has 1 aromatic heterocycles. The molecule has 0 atom stereocenters. The topological polar surface area (TPSA) is 93.3 Å². The van der Waals surface area contributed by atoms with Crippen molar-refractivity contribution in [1.82, 2.24) is 20.0 Å². The van der Waals surface area contributed by atoms with E-state index in [-0.39, 0.29) is 24.0 Å². The number of carbonyl (C=O) groups is 1. The lowest BCUT2D eigenvalue weighted by Gasteiger charge is -2.31. The van der Waals surface area contributed by atoms with Gasteiger partial charge in [0, 0.05) is 25.4 Å². The lowest BCUT2D eigenvalue weighted by atomic mass is 9.97. The number of hydrogen-bond acceptors (Lipinski definition) is 5. The summed E-state index contributed by atoms with van der Waals surface area (Å²) in [6.07, 6.45) is 3.53. The highest BCUT2D eigenvalue weighted by Crippen LogP contribution is 2.22. The fourth-order valence-electron chi connectivity index (χ4n) is 3.18. The number of nitro benzene ring substituents is 1. The average molecular weight is 380 g/mol. The van der Waals surface area contributed by atoms with Crippen LogP contribution >= 0.6 is 12.4 Å². The Balaban J connectivity index is 0.00000243. The predicted molar refractivity (Wildman–Crippen MR) is 100 cm³/mol. The van der Waals surface area contributed by atoms with Crippen molar-refractivity contribution in [3.8, 4) is 5.69 Å². The predicted octanol–water partition coefficient (Wildman–Crippen LogP) is 2.27. The highest BCUT2D eigenvalue weighted by molar-refractivity contribution is 5.92. The van der Waals surface area contributed by atoms with Gasteiger partial charge in [-0.05, 0) is 44.5 Å². The van der Waals surface area contributed by atoms with Gasteiger partial charge in [-0.3, -0.25) is 14.9 Å². The maximum Gasteiger partial charge on any atom is 0.294 e. The van der Waals surface area contributed by atoms with Gasteiger partial charge in [0.2, 0.25) is 0 Å². The average Bonchev–Trinajstić information content (AvgIpc) is 3.12. The minimum absolute atomic E-state index is 0. The van der Waals surface area contributed by atoms with Crippen molar-refractivity contribution in [2.75, 3.05) is 26.7 Å². The summed E-state index contributed by atoms with van der Waals surface area (Å²) in [7, 11) is 1.94. The number of nitrogens with one attached hydrogen (secondary N) is 1. The van der Waals surface area contributed by atoms with Crippen LogP contribution in [-0.2, 0) is 0 Å². The van der Waals surface area contributed by atoms with Crippen LogP contribution in [0.15, 0.2) is 36.5 Å². The van der Waals surface area contributed by atoms with E-state index in [0.29, 0.717) is 30.4 Å². The minimum atomic E-state index is -0.453. The second kappa shape index (κ2) is 8.77. The van der Waals surface area contributed by atoms with E-state index in [1.807, 2.05) is 7.05 Å². The number of aromatic nitrogens is 2. The van der Waals surface area contributed by atoms with Gasteiger partial charge >= 0.3 is 0 Å². The van der Waals surface area contributed by atoms with E-state index in [2.05, 4.69) is 10.4 Å². The van der Waals surface area contributed by atoms with Crippen LogP contribution in [0.5, 0.6) is 0 Å². The number of piperidine rings is 1. The first-order valence-electron chi connectivity index (χ1n) is 8.33. The first kappa shape index (κ1) is 19.9. The SMILES string of the molecule is CNCC1CCN(C(=O)c2ccn(-c3ccccc3[N+](=O)[O-])n2)CC1.Cl. The number of likely N-dealkylation sites (tertiary alicyclic amines) is 1. The van der Waals surface area contributed by atoms with Crippen LogP contribution in [0.3, 0.4) is 0 Å². The molecule has 1 fully saturated rings. The Morgan fingerprint density at radius 2 is 2.00 bits per heavy atom. The van der Waals surface area contributed by atoms with Gasteiger partial charge in [-0.15, -0.1) is 12.4 Å². The van der Waals surface area contributed by atoms with Gasteiger partial charge in [0.1, 0.15) is 5.69 Å². The third-order valence-electron chi connectivity index (χ3n) is 4.53. The zero-order chi connectivity index (χ0) is 17.8. The molecule has 26 heavy (non-hydrogen) atoms. The quantitative estimate of drug-likeness (QED) is 0.635. The third kappa shape index (κ3) is 4.20. The second-order valence-corrected chi connectivity index (χ2v) is 6.18. The fraction of sp³-hybridized carbons (Fsp3) is 0.412. The molecule has 2 aromatic rings. The monoisotopic (exact) mass is 379 g/mol. The van der Waals surface area contributed by atoms with Crippen molar-refractivity contribution in [3.63, 3.8) is 0 Å². The maximum absolute atomic E-state index is 12.6. The first-order chi connectivity index (χ1) is 12.1. The zero-order valence-electron chi connectivity index (χ0n) is 14.5. The van der Waals surface area contributed by atoms with E-state index >= 15 is 0 Å². The first-order valence-corrected chi connectivity index (χ1v) is 8.33. The standard InChI is InChI=1S/C17H21N5O3.ClH/c1-18-12-13-6-9-20(10-7-13)17(23)14-8-11-21(19-14)15-4-2-3-5-16(15)22(24)25;/h2-5,8,11,13,18H,6-7,9-10,12H2,1H3;1H. The number of nitrogens with zero attached hydrogens (tertiary/aromatic N) is 4. The van der Waals surface area contributed by atoms with Crippen LogP contribution in [0.1, 0.15) is 23.3 Å². The molecule has 2 heterocycles. The molecule has 0 unspecified atom stereocenters. The van der Waals surface area contributed by atoms with Crippen LogP contribution in [-0.4, -0.2) is 52.2 Å². The van der Waals surface area contributed by atoms with Gasteiger partial charge in [0.25, 0.3) is 11.6 Å². The summed E-state index contributed by atoms with van der Waals surface area (Å²) in [5.41, 5.74) is 0.613. The van der Waals surface area contributed by atoms with Crippen molar-refractivity contribution in [1.29, 1.82) is 0 Å². The largest absolute Gasteiger partial charge is 0.337 e. The third-order valence-corrected chi connectivity index (χ3v) is 4.53. The lowest BCUT2D eigenvalue weighted by Crippen LogP contribution is -2.40. The van der Waals surface area contributed by atoms with Gasteiger partial charge in [-0.2, -0.15) is 5.10 Å². The Hall–Kier alpha value is -2.45. The number of rotatable bonds is 5. The molecule has 0 spiro atoms. The molecule has 1 N–H and O–H groups in total. The van der Waals surface area contributed by atoms with Gasteiger partial charge in [-0.25, -0.2) is 4.68 Å². The highest BCUT2D eigenvalue weighted by atomic mass is 35.5. The summed E-state index contributed by atoms with van der Waals surface area (Å²) in [5, 5.41) is 18.6. The van der Waals surface area contributed by atoms with Crippen LogP contribution in [0.4, 0.5) is 5.69 Å². The molecule has 3 rings (SSSR count). The number of nitro groups is 1. The molecular formula is C17H22ClN5O3. The molecule has 1 aromatic carbocycles. The molecule has 1 aliphatic rings. The second-order valence-electron chi connectivity index (χ2n) is 6.18. The zero-order valence-corrected chi connectivity index (χ0v) is 15.3. The molecular weight excluding hydrogens is 358 g/mol. The molecule has 1 saturated heterocycles. The van der Waals surface area contributed by atoms with Gasteiger partial charge in [0.15, 0.2) is 5.69 Å². The normalized spacial score (nSPS) is 14.7. The van der Waals surface area contributed by atoms with E-state index in [4.69, 9.17) is 0 Å². The number of benzene rings is 1. The number of hydrogen-bond donors (Lipinski definition) is 1. The van der Waals surface area contributed by atoms with E-state index in [9.17, 15) is 14.9 Å². The maximum atomic E-state index is 12.6. The summed E-state index contributed by atoms with van der Waals surface area (Å²) in [6.45, 7) is 2.39. The number of carbonyl (C=O) groups excluding carboxylic acids is 1. The van der Waals surface area contributed by atoms with Crippen molar-refractivity contribution in [3.05, 3.63) is 52.3 Å². The summed E-state index contributed by atoms with van der Waals surface area (Å²) in [5.74, 6) is 0.471. The van der Waals surface area contributed by atoms with Crippen molar-refractivity contribution < 1.29 is 9.72 Å². The molecule has 9 heteroatoms. The molecule has 0 saturated carbocycles. The Morgan fingerprint density at radius 3 is 2.65 bits per heavy atom. The van der Waals surface area contributed by atoms with Crippen LogP contribution in [0.25, 0.3) is 5.69 Å². The van der Waals surface area contributed by atoms with E-state index < -0.39 is 4.92 Å². The summed E-state index contributed by atoms with van der Waals surface area (Å²) in [4.78, 5) is 25.1. The van der Waals surface area contributed by atoms with Crippen molar-refractivity contribution in [2.24, 2.45) is 5.92 Å². The summed E-state index contributed by atoms with van der Waals surface area (Å²) < 4.78 is 1.39. The molecule has 0 radical (unpaired) electrons. The fourth-order valence-corrected chi connectivity index (χ4v) is 3.18. The van der Waals surface area contributed by atoms with Gasteiger partial charge in [0.05, 0.1) is 4.92 Å². The van der Waals surface area contributed by atoms with E-state index in [0.717, 1.165) is 19.4 Å². The number of para-hydroxylation sites is 2. The van der Waals surface area contributed by atoms with Crippen molar-refractivity contribution >= 4 is 24.0 Å². The smallest absolute Gasteiger partial charge is 0.294 e. The van der Waals surface area contributed by atoms with Crippen LogP contribution in [0, 0.1) is 16.0 Å². The Kier molecular flexibility index (Phi) is 6.70. The van der Waals surface area contributed by atoms with Crippen LogP contribution in [0.2, 0.25) is 0 Å². The number of halogens is 1. The van der Waals surface area contributed by atoms with Crippen LogP contribution < -0.4 is 5.32 Å². The molecule has 1 amide bonds. The number of amides is 1. The Bertz CT molecular complexity index is 771. The van der Waals surface area contributed by atoms with Gasteiger partial charge < -0.3 is 10.2 Å². The van der Waals surface area contributed by atoms with Gasteiger partial charge in [-0.1, -0.05) is 12.1 Å².